The van der Waals surface area contributed by atoms with E-state index in [4.69, 9.17) is 10.5 Å². The van der Waals surface area contributed by atoms with Gasteiger partial charge in [-0.25, -0.2) is 0 Å². The molecule has 2 aliphatic rings. The molecule has 1 amide bonds. The van der Waals surface area contributed by atoms with Crippen LogP contribution in [0.2, 0.25) is 0 Å². The van der Waals surface area contributed by atoms with Crippen molar-refractivity contribution in [2.45, 2.75) is 56.8 Å². The van der Waals surface area contributed by atoms with Crippen LogP contribution in [0.15, 0.2) is 0 Å². The van der Waals surface area contributed by atoms with E-state index in [1.54, 1.807) is 0 Å². The van der Waals surface area contributed by atoms with Crippen molar-refractivity contribution in [3.63, 3.8) is 0 Å². The number of ether oxygens (including phenoxy) is 1. The predicted octanol–water partition coefficient (Wildman–Crippen LogP) is 0.160. The van der Waals surface area contributed by atoms with E-state index in [0.29, 0.717) is 6.54 Å². The minimum atomic E-state index is -0.278. The van der Waals surface area contributed by atoms with Crippen molar-refractivity contribution < 1.29 is 14.6 Å². The van der Waals surface area contributed by atoms with Gasteiger partial charge in [0.05, 0.1) is 18.8 Å². The van der Waals surface area contributed by atoms with Gasteiger partial charge in [0.2, 0.25) is 5.91 Å². The molecule has 0 aromatic carbocycles. The van der Waals surface area contributed by atoms with Crippen molar-refractivity contribution in [2.24, 2.45) is 11.7 Å². The zero-order valence-corrected chi connectivity index (χ0v) is 10.8. The summed E-state index contributed by atoms with van der Waals surface area (Å²) in [4.78, 5) is 11.9. The highest BCUT2D eigenvalue weighted by Crippen LogP contribution is 2.28. The standard InChI is InChI=1S/C13H24N2O3/c14-7-6-10-4-5-11(12(8-16)18-10)15-13(17)9-2-1-3-9/h9-12,16H,1-8,14H2,(H,15,17)/t10-,11-,12-/m1/s1. The highest BCUT2D eigenvalue weighted by molar-refractivity contribution is 5.79. The van der Waals surface area contributed by atoms with Gasteiger partial charge in [0.15, 0.2) is 0 Å². The number of aliphatic hydroxyl groups is 1. The molecule has 0 spiro atoms. The van der Waals surface area contributed by atoms with Gasteiger partial charge in [-0.2, -0.15) is 0 Å². The first-order valence-electron chi connectivity index (χ1n) is 7.01. The van der Waals surface area contributed by atoms with Gasteiger partial charge in [-0.3, -0.25) is 4.79 Å². The number of aliphatic hydroxyl groups excluding tert-OH is 1. The van der Waals surface area contributed by atoms with Crippen LogP contribution in [0.5, 0.6) is 0 Å². The van der Waals surface area contributed by atoms with Gasteiger partial charge >= 0.3 is 0 Å². The van der Waals surface area contributed by atoms with Crippen molar-refractivity contribution in [3.8, 4) is 0 Å². The molecule has 0 unspecified atom stereocenters. The Morgan fingerprint density at radius 2 is 2.11 bits per heavy atom. The zero-order valence-electron chi connectivity index (χ0n) is 10.8. The number of amides is 1. The molecule has 0 radical (unpaired) electrons. The first kappa shape index (κ1) is 13.8. The molecule has 1 saturated carbocycles. The highest BCUT2D eigenvalue weighted by atomic mass is 16.5. The lowest BCUT2D eigenvalue weighted by Gasteiger charge is -2.37. The summed E-state index contributed by atoms with van der Waals surface area (Å²) in [5.41, 5.74) is 5.51. The molecule has 3 atom stereocenters. The maximum absolute atomic E-state index is 11.9. The molecule has 1 saturated heterocycles. The molecule has 5 heteroatoms. The van der Waals surface area contributed by atoms with Crippen molar-refractivity contribution >= 4 is 5.91 Å². The maximum atomic E-state index is 11.9. The normalized spacial score (nSPS) is 32.9. The Morgan fingerprint density at radius 1 is 1.33 bits per heavy atom. The van der Waals surface area contributed by atoms with E-state index in [-0.39, 0.29) is 36.7 Å². The summed E-state index contributed by atoms with van der Waals surface area (Å²) in [5, 5.41) is 12.4. The van der Waals surface area contributed by atoms with Crippen LogP contribution in [-0.2, 0) is 9.53 Å². The Morgan fingerprint density at radius 3 is 2.67 bits per heavy atom. The van der Waals surface area contributed by atoms with E-state index in [2.05, 4.69) is 5.32 Å². The molecule has 1 aliphatic carbocycles. The summed E-state index contributed by atoms with van der Waals surface area (Å²) < 4.78 is 5.78. The molecule has 0 bridgehead atoms. The fraction of sp³-hybridized carbons (Fsp3) is 0.923. The van der Waals surface area contributed by atoms with Crippen LogP contribution in [-0.4, -0.2) is 42.4 Å². The summed E-state index contributed by atoms with van der Waals surface area (Å²) in [6.45, 7) is 0.554. The van der Waals surface area contributed by atoms with Crippen LogP contribution < -0.4 is 11.1 Å². The molecule has 18 heavy (non-hydrogen) atoms. The lowest BCUT2D eigenvalue weighted by atomic mass is 9.84. The zero-order chi connectivity index (χ0) is 13.0. The molecule has 1 aliphatic heterocycles. The fourth-order valence-corrected chi connectivity index (χ4v) is 2.67. The molecular formula is C13H24N2O3. The minimum Gasteiger partial charge on any atom is -0.394 e. The van der Waals surface area contributed by atoms with E-state index in [1.165, 1.54) is 0 Å². The van der Waals surface area contributed by atoms with Crippen LogP contribution in [0.25, 0.3) is 0 Å². The van der Waals surface area contributed by atoms with E-state index in [1.807, 2.05) is 0 Å². The molecule has 4 N–H and O–H groups in total. The van der Waals surface area contributed by atoms with Crippen molar-refractivity contribution in [3.05, 3.63) is 0 Å². The van der Waals surface area contributed by atoms with Gasteiger partial charge in [-0.1, -0.05) is 6.42 Å². The van der Waals surface area contributed by atoms with Gasteiger partial charge in [-0.05, 0) is 38.6 Å². The molecule has 2 rings (SSSR count). The lowest BCUT2D eigenvalue weighted by Crippen LogP contribution is -2.53. The quantitative estimate of drug-likeness (QED) is 0.654. The van der Waals surface area contributed by atoms with Crippen LogP contribution >= 0.6 is 0 Å². The van der Waals surface area contributed by atoms with Crippen molar-refractivity contribution in [1.29, 1.82) is 0 Å². The van der Waals surface area contributed by atoms with Gasteiger partial charge < -0.3 is 20.9 Å². The summed E-state index contributed by atoms with van der Waals surface area (Å²) in [6.07, 6.45) is 5.60. The van der Waals surface area contributed by atoms with Crippen LogP contribution in [0, 0.1) is 5.92 Å². The maximum Gasteiger partial charge on any atom is 0.223 e. The smallest absolute Gasteiger partial charge is 0.223 e. The Bertz CT molecular complexity index is 281. The Hall–Kier alpha value is -0.650. The number of hydrogen-bond donors (Lipinski definition) is 3. The van der Waals surface area contributed by atoms with E-state index in [0.717, 1.165) is 38.5 Å². The van der Waals surface area contributed by atoms with Crippen molar-refractivity contribution in [1.82, 2.24) is 5.32 Å². The van der Waals surface area contributed by atoms with Crippen LogP contribution in [0.3, 0.4) is 0 Å². The van der Waals surface area contributed by atoms with E-state index in [9.17, 15) is 9.90 Å². The third-order valence-electron chi connectivity index (χ3n) is 4.09. The third-order valence-corrected chi connectivity index (χ3v) is 4.09. The first-order valence-corrected chi connectivity index (χ1v) is 7.01. The molecule has 2 fully saturated rings. The number of carbonyl (C=O) groups is 1. The molecule has 1 heterocycles. The predicted molar refractivity (Wildman–Crippen MR) is 67.9 cm³/mol. The average Bonchev–Trinajstić information content (AvgIpc) is 2.29. The number of nitrogens with two attached hydrogens (primary N) is 1. The van der Waals surface area contributed by atoms with Crippen LogP contribution in [0.4, 0.5) is 0 Å². The molecular weight excluding hydrogens is 232 g/mol. The number of nitrogens with one attached hydrogen (secondary N) is 1. The molecule has 5 nitrogen and oxygen atoms in total. The third kappa shape index (κ3) is 3.22. The average molecular weight is 256 g/mol. The Balaban J connectivity index is 1.82. The van der Waals surface area contributed by atoms with E-state index < -0.39 is 0 Å². The monoisotopic (exact) mass is 256 g/mol. The minimum absolute atomic E-state index is 0.0443. The summed E-state index contributed by atoms with van der Waals surface area (Å²) in [7, 11) is 0. The molecule has 104 valence electrons. The second-order valence-corrected chi connectivity index (χ2v) is 5.38. The summed E-state index contributed by atoms with van der Waals surface area (Å²) >= 11 is 0. The van der Waals surface area contributed by atoms with Crippen molar-refractivity contribution in [2.75, 3.05) is 13.2 Å². The SMILES string of the molecule is NCC[C@H]1CC[C@@H](NC(=O)C2CCC2)[C@@H](CO)O1. The van der Waals surface area contributed by atoms with Gasteiger partial charge in [0.25, 0.3) is 0 Å². The first-order chi connectivity index (χ1) is 8.74. The second kappa shape index (κ2) is 6.50. The largest absolute Gasteiger partial charge is 0.394 e. The summed E-state index contributed by atoms with van der Waals surface area (Å²) in [6, 6.07) is -0.0443. The molecule has 0 aromatic heterocycles. The summed E-state index contributed by atoms with van der Waals surface area (Å²) in [5.74, 6) is 0.316. The topological polar surface area (TPSA) is 84.6 Å². The lowest BCUT2D eigenvalue weighted by molar-refractivity contribution is -0.134. The second-order valence-electron chi connectivity index (χ2n) is 5.38. The number of hydrogen-bond acceptors (Lipinski definition) is 4. The fourth-order valence-electron chi connectivity index (χ4n) is 2.67. The highest BCUT2D eigenvalue weighted by Gasteiger charge is 2.34. The number of carbonyl (C=O) groups excluding carboxylic acids is 1. The number of rotatable bonds is 5. The van der Waals surface area contributed by atoms with Gasteiger partial charge in [0, 0.05) is 5.92 Å². The van der Waals surface area contributed by atoms with Gasteiger partial charge in [0.1, 0.15) is 6.10 Å². The Kier molecular flexibility index (Phi) is 4.97. The van der Waals surface area contributed by atoms with E-state index >= 15 is 0 Å². The Labute approximate surface area is 108 Å². The molecule has 0 aromatic rings. The van der Waals surface area contributed by atoms with Gasteiger partial charge in [-0.15, -0.1) is 0 Å². The van der Waals surface area contributed by atoms with Crippen LogP contribution in [0.1, 0.15) is 38.5 Å².